The molecule has 2 atom stereocenters. The number of hydrogen-bond donors (Lipinski definition) is 2. The molecule has 2 unspecified atom stereocenters. The SMILES string of the molecule is CCC(C)(O)C(C)(O)[N+](=O)[O-]. The first-order chi connectivity index (χ1) is 4.75. The Morgan fingerprint density at radius 2 is 1.82 bits per heavy atom. The molecule has 0 rings (SSSR count). The van der Waals surface area contributed by atoms with E-state index in [1.165, 1.54) is 6.92 Å². The maximum atomic E-state index is 10.2. The molecule has 0 amide bonds. The molecule has 0 radical (unpaired) electrons. The van der Waals surface area contributed by atoms with Gasteiger partial charge in [-0.1, -0.05) is 6.92 Å². The summed E-state index contributed by atoms with van der Waals surface area (Å²) in [6.45, 7) is 3.78. The van der Waals surface area contributed by atoms with Crippen LogP contribution in [0.25, 0.3) is 0 Å². The Morgan fingerprint density at radius 1 is 1.45 bits per heavy atom. The summed E-state index contributed by atoms with van der Waals surface area (Å²) in [4.78, 5) is 9.33. The summed E-state index contributed by atoms with van der Waals surface area (Å²) in [5.41, 5.74) is -3.96. The summed E-state index contributed by atoms with van der Waals surface area (Å²) in [5.74, 6) is 0. The van der Waals surface area contributed by atoms with E-state index in [0.29, 0.717) is 0 Å². The van der Waals surface area contributed by atoms with Gasteiger partial charge in [0.25, 0.3) is 0 Å². The Bertz CT molecular complexity index is 164. The third-order valence-corrected chi connectivity index (χ3v) is 2.06. The molecular formula is C6H13NO4. The molecule has 0 heterocycles. The van der Waals surface area contributed by atoms with Gasteiger partial charge in [-0.2, -0.15) is 0 Å². The van der Waals surface area contributed by atoms with Crippen LogP contribution in [-0.4, -0.2) is 26.5 Å². The first kappa shape index (κ1) is 10.3. The Morgan fingerprint density at radius 3 is 1.91 bits per heavy atom. The van der Waals surface area contributed by atoms with E-state index < -0.39 is 16.2 Å². The van der Waals surface area contributed by atoms with Crippen molar-refractivity contribution in [3.63, 3.8) is 0 Å². The summed E-state index contributed by atoms with van der Waals surface area (Å²) < 4.78 is 0. The van der Waals surface area contributed by atoms with Gasteiger partial charge in [-0.3, -0.25) is 10.1 Å². The van der Waals surface area contributed by atoms with E-state index >= 15 is 0 Å². The molecule has 11 heavy (non-hydrogen) atoms. The van der Waals surface area contributed by atoms with Crippen LogP contribution in [0.2, 0.25) is 0 Å². The van der Waals surface area contributed by atoms with Gasteiger partial charge < -0.3 is 10.2 Å². The second-order valence-electron chi connectivity index (χ2n) is 2.91. The largest absolute Gasteiger partial charge is 0.380 e. The number of nitrogens with zero attached hydrogens (tertiary/aromatic N) is 1. The van der Waals surface area contributed by atoms with Gasteiger partial charge in [0.2, 0.25) is 0 Å². The second kappa shape index (κ2) is 2.75. The molecule has 0 aliphatic carbocycles. The van der Waals surface area contributed by atoms with Crippen LogP contribution in [0.5, 0.6) is 0 Å². The number of nitro groups is 1. The Balaban J connectivity index is 4.67. The van der Waals surface area contributed by atoms with Crippen molar-refractivity contribution in [1.82, 2.24) is 0 Å². The molecular weight excluding hydrogens is 150 g/mol. The predicted molar refractivity (Wildman–Crippen MR) is 38.5 cm³/mol. The zero-order valence-corrected chi connectivity index (χ0v) is 6.87. The highest BCUT2D eigenvalue weighted by molar-refractivity contribution is 4.83. The molecule has 66 valence electrons. The van der Waals surface area contributed by atoms with E-state index in [0.717, 1.165) is 6.92 Å². The summed E-state index contributed by atoms with van der Waals surface area (Å²) >= 11 is 0. The van der Waals surface area contributed by atoms with Crippen molar-refractivity contribution in [1.29, 1.82) is 0 Å². The first-order valence-electron chi connectivity index (χ1n) is 3.35. The van der Waals surface area contributed by atoms with E-state index in [1.54, 1.807) is 6.92 Å². The lowest BCUT2D eigenvalue weighted by atomic mass is 9.92. The Labute approximate surface area is 64.8 Å². The fourth-order valence-electron chi connectivity index (χ4n) is 0.532. The van der Waals surface area contributed by atoms with Crippen molar-refractivity contribution in [3.8, 4) is 0 Å². The highest BCUT2D eigenvalue weighted by atomic mass is 16.7. The fourth-order valence-corrected chi connectivity index (χ4v) is 0.532. The third kappa shape index (κ3) is 1.66. The number of rotatable bonds is 3. The van der Waals surface area contributed by atoms with Crippen molar-refractivity contribution in [2.24, 2.45) is 0 Å². The zero-order valence-electron chi connectivity index (χ0n) is 6.87. The van der Waals surface area contributed by atoms with Gasteiger partial charge in [0.15, 0.2) is 5.60 Å². The fraction of sp³-hybridized carbons (Fsp3) is 1.00. The minimum Gasteiger partial charge on any atom is -0.380 e. The molecule has 0 aromatic rings. The van der Waals surface area contributed by atoms with Crippen LogP contribution in [0, 0.1) is 10.1 Å². The molecule has 0 spiro atoms. The smallest absolute Gasteiger partial charge is 0.347 e. The quantitative estimate of drug-likeness (QED) is 0.352. The lowest BCUT2D eigenvalue weighted by molar-refractivity contribution is -0.644. The average Bonchev–Trinajstić information content (AvgIpc) is 1.87. The summed E-state index contributed by atoms with van der Waals surface area (Å²) in [7, 11) is 0. The van der Waals surface area contributed by atoms with Crippen LogP contribution in [0.4, 0.5) is 0 Å². The van der Waals surface area contributed by atoms with E-state index in [9.17, 15) is 20.3 Å². The van der Waals surface area contributed by atoms with Gasteiger partial charge in [-0.05, 0) is 13.3 Å². The van der Waals surface area contributed by atoms with Gasteiger partial charge in [0.1, 0.15) is 0 Å². The standard InChI is InChI=1S/C6H13NO4/c1-4-5(2,8)6(3,9)7(10)11/h8-9H,4H2,1-3H3. The van der Waals surface area contributed by atoms with Crippen LogP contribution in [0.1, 0.15) is 27.2 Å². The van der Waals surface area contributed by atoms with E-state index in [-0.39, 0.29) is 6.42 Å². The maximum absolute atomic E-state index is 10.2. The van der Waals surface area contributed by atoms with Crippen molar-refractivity contribution in [2.45, 2.75) is 38.5 Å². The number of hydrogen-bond acceptors (Lipinski definition) is 4. The zero-order chi connectivity index (χ0) is 9.28. The van der Waals surface area contributed by atoms with Gasteiger partial charge >= 0.3 is 5.72 Å². The van der Waals surface area contributed by atoms with Crippen molar-refractivity contribution in [3.05, 3.63) is 10.1 Å². The molecule has 0 aromatic carbocycles. The molecule has 0 aromatic heterocycles. The van der Waals surface area contributed by atoms with Crippen molar-refractivity contribution in [2.75, 3.05) is 0 Å². The van der Waals surface area contributed by atoms with Crippen LogP contribution in [0.15, 0.2) is 0 Å². The molecule has 5 heteroatoms. The Kier molecular flexibility index (Phi) is 2.58. The van der Waals surface area contributed by atoms with Gasteiger partial charge in [-0.25, -0.2) is 0 Å². The number of aliphatic hydroxyl groups is 2. The summed E-state index contributed by atoms with van der Waals surface area (Å²) in [5, 5.41) is 28.7. The molecule has 0 fully saturated rings. The summed E-state index contributed by atoms with van der Waals surface area (Å²) in [6, 6.07) is 0. The van der Waals surface area contributed by atoms with Crippen LogP contribution in [-0.2, 0) is 0 Å². The molecule has 0 bridgehead atoms. The molecule has 2 N–H and O–H groups in total. The van der Waals surface area contributed by atoms with Gasteiger partial charge in [0, 0.05) is 6.92 Å². The molecule has 0 saturated carbocycles. The Hall–Kier alpha value is -0.680. The first-order valence-corrected chi connectivity index (χ1v) is 3.35. The van der Waals surface area contributed by atoms with E-state index in [4.69, 9.17) is 0 Å². The lowest BCUT2D eigenvalue weighted by Gasteiger charge is -2.29. The van der Waals surface area contributed by atoms with Crippen molar-refractivity contribution >= 4 is 0 Å². The topological polar surface area (TPSA) is 83.6 Å². The van der Waals surface area contributed by atoms with E-state index in [1.807, 2.05) is 0 Å². The van der Waals surface area contributed by atoms with Gasteiger partial charge in [0.05, 0.1) is 4.92 Å². The van der Waals surface area contributed by atoms with Crippen LogP contribution in [0.3, 0.4) is 0 Å². The average molecular weight is 163 g/mol. The maximum Gasteiger partial charge on any atom is 0.347 e. The normalized spacial score (nSPS) is 21.9. The van der Waals surface area contributed by atoms with Crippen molar-refractivity contribution < 1.29 is 15.1 Å². The lowest BCUT2D eigenvalue weighted by Crippen LogP contribution is -2.55. The van der Waals surface area contributed by atoms with Gasteiger partial charge in [-0.15, -0.1) is 0 Å². The van der Waals surface area contributed by atoms with Crippen LogP contribution < -0.4 is 0 Å². The highest BCUT2D eigenvalue weighted by Crippen LogP contribution is 2.25. The second-order valence-corrected chi connectivity index (χ2v) is 2.91. The molecule has 0 aliphatic heterocycles. The summed E-state index contributed by atoms with van der Waals surface area (Å²) in [6.07, 6.45) is 0.126. The van der Waals surface area contributed by atoms with Crippen LogP contribution >= 0.6 is 0 Å². The molecule has 5 nitrogen and oxygen atoms in total. The third-order valence-electron chi connectivity index (χ3n) is 2.06. The van der Waals surface area contributed by atoms with E-state index in [2.05, 4.69) is 0 Å². The predicted octanol–water partition coefficient (Wildman–Crippen LogP) is 0.133. The minimum absolute atomic E-state index is 0.126. The highest BCUT2D eigenvalue weighted by Gasteiger charge is 2.51. The molecule has 0 aliphatic rings. The monoisotopic (exact) mass is 163 g/mol. The minimum atomic E-state index is -2.28. The molecule has 0 saturated heterocycles.